The summed E-state index contributed by atoms with van der Waals surface area (Å²) >= 11 is 15.4. The first kappa shape index (κ1) is 12.6. The molecule has 3 nitrogen and oxygen atoms in total. The Morgan fingerprint density at radius 3 is 2.65 bits per heavy atom. The second kappa shape index (κ2) is 4.80. The van der Waals surface area contributed by atoms with Crippen LogP contribution in [0.2, 0.25) is 10.0 Å². The van der Waals surface area contributed by atoms with Crippen LogP contribution in [0.1, 0.15) is 10.5 Å². The van der Waals surface area contributed by atoms with Crippen LogP contribution in [0.15, 0.2) is 22.7 Å². The number of ether oxygens (including phenoxy) is 1. The zero-order valence-electron chi connectivity index (χ0n) is 8.63. The van der Waals surface area contributed by atoms with Gasteiger partial charge in [0.05, 0.1) is 22.7 Å². The third-order valence-corrected chi connectivity index (χ3v) is 3.23. The Hall–Kier alpha value is -0.840. The maximum atomic E-state index is 11.4. The number of methoxy groups -OCH3 is 1. The number of rotatable bonds is 1. The summed E-state index contributed by atoms with van der Waals surface area (Å²) < 4.78 is 5.39. The molecule has 0 unspecified atom stereocenters. The molecule has 88 valence electrons. The number of aromatic nitrogens is 1. The molecule has 1 aromatic carbocycles. The molecule has 0 bridgehead atoms. The lowest BCUT2D eigenvalue weighted by atomic mass is 10.2. The summed E-state index contributed by atoms with van der Waals surface area (Å²) in [5, 5.41) is 1.50. The Balaban J connectivity index is 2.77. The average molecular weight is 335 g/mol. The zero-order valence-corrected chi connectivity index (χ0v) is 11.7. The Morgan fingerprint density at radius 2 is 2.00 bits per heavy atom. The molecule has 0 aliphatic carbocycles. The summed E-state index contributed by atoms with van der Waals surface area (Å²) in [7, 11) is 1.28. The average Bonchev–Trinajstić information content (AvgIpc) is 2.29. The number of carbonyl (C=O) groups is 1. The van der Waals surface area contributed by atoms with Gasteiger partial charge in [0.2, 0.25) is 0 Å². The van der Waals surface area contributed by atoms with E-state index in [1.165, 1.54) is 13.2 Å². The van der Waals surface area contributed by atoms with Gasteiger partial charge in [-0.1, -0.05) is 39.1 Å². The number of benzene rings is 1. The first-order chi connectivity index (χ1) is 8.02. The number of hydrogen-bond acceptors (Lipinski definition) is 3. The minimum absolute atomic E-state index is 0.134. The first-order valence-corrected chi connectivity index (χ1v) is 6.11. The van der Waals surface area contributed by atoms with E-state index in [-0.39, 0.29) is 5.69 Å². The summed E-state index contributed by atoms with van der Waals surface area (Å²) in [6.45, 7) is 0. The topological polar surface area (TPSA) is 39.2 Å². The van der Waals surface area contributed by atoms with Gasteiger partial charge in [-0.05, 0) is 18.2 Å². The van der Waals surface area contributed by atoms with Gasteiger partial charge in [-0.15, -0.1) is 0 Å². The minimum Gasteiger partial charge on any atom is -0.464 e. The van der Waals surface area contributed by atoms with E-state index in [0.29, 0.717) is 20.9 Å². The monoisotopic (exact) mass is 333 g/mol. The summed E-state index contributed by atoms with van der Waals surface area (Å²) in [6.07, 6.45) is 0. The highest BCUT2D eigenvalue weighted by atomic mass is 79.9. The molecule has 0 N–H and O–H groups in total. The largest absolute Gasteiger partial charge is 0.464 e. The van der Waals surface area contributed by atoms with E-state index in [2.05, 4.69) is 25.7 Å². The molecular formula is C11H6BrCl2NO2. The van der Waals surface area contributed by atoms with Crippen LogP contribution in [0.5, 0.6) is 0 Å². The van der Waals surface area contributed by atoms with Gasteiger partial charge in [0, 0.05) is 9.86 Å². The van der Waals surface area contributed by atoms with Gasteiger partial charge in [0.15, 0.2) is 5.69 Å². The Labute approximate surface area is 116 Å². The molecule has 17 heavy (non-hydrogen) atoms. The molecular weight excluding hydrogens is 329 g/mol. The molecule has 0 saturated heterocycles. The summed E-state index contributed by atoms with van der Waals surface area (Å²) in [5.41, 5.74) is 0.608. The van der Waals surface area contributed by atoms with E-state index in [9.17, 15) is 4.79 Å². The summed E-state index contributed by atoms with van der Waals surface area (Å²) in [5.74, 6) is -0.548. The number of halogens is 3. The molecule has 0 aliphatic rings. The molecule has 0 radical (unpaired) electrons. The van der Waals surface area contributed by atoms with Crippen molar-refractivity contribution in [1.82, 2.24) is 4.98 Å². The van der Waals surface area contributed by atoms with Crippen LogP contribution in [0.25, 0.3) is 10.9 Å². The van der Waals surface area contributed by atoms with Gasteiger partial charge >= 0.3 is 5.97 Å². The lowest BCUT2D eigenvalue weighted by Gasteiger charge is -2.06. The van der Waals surface area contributed by atoms with E-state index < -0.39 is 5.97 Å². The first-order valence-electron chi connectivity index (χ1n) is 4.56. The molecule has 0 fully saturated rings. The fourth-order valence-corrected chi connectivity index (χ4v) is 2.52. The Kier molecular flexibility index (Phi) is 3.56. The molecule has 1 aromatic heterocycles. The Bertz CT molecular complexity index is 616. The highest BCUT2D eigenvalue weighted by Gasteiger charge is 2.13. The van der Waals surface area contributed by atoms with Crippen LogP contribution < -0.4 is 0 Å². The second-order valence-electron chi connectivity index (χ2n) is 3.26. The van der Waals surface area contributed by atoms with Crippen LogP contribution >= 0.6 is 39.1 Å². The minimum atomic E-state index is -0.548. The SMILES string of the molecule is COC(=O)c1cc(Cl)c2cc(Br)cc(Cl)c2n1. The second-order valence-corrected chi connectivity index (χ2v) is 4.99. The molecule has 0 amide bonds. The van der Waals surface area contributed by atoms with Crippen LogP contribution in [0.4, 0.5) is 0 Å². The van der Waals surface area contributed by atoms with Gasteiger partial charge in [0.25, 0.3) is 0 Å². The molecule has 2 aromatic rings. The zero-order chi connectivity index (χ0) is 12.6. The molecule has 1 heterocycles. The van der Waals surface area contributed by atoms with E-state index in [1.807, 2.05) is 0 Å². The quantitative estimate of drug-likeness (QED) is 0.737. The maximum Gasteiger partial charge on any atom is 0.356 e. The molecule has 0 spiro atoms. The van der Waals surface area contributed by atoms with Crippen LogP contribution in [-0.4, -0.2) is 18.1 Å². The lowest BCUT2D eigenvalue weighted by molar-refractivity contribution is 0.0594. The number of nitrogens with zero attached hydrogens (tertiary/aromatic N) is 1. The van der Waals surface area contributed by atoms with Gasteiger partial charge < -0.3 is 4.74 Å². The smallest absolute Gasteiger partial charge is 0.356 e. The third-order valence-electron chi connectivity index (χ3n) is 2.18. The molecule has 0 aliphatic heterocycles. The third kappa shape index (κ3) is 2.39. The number of pyridine rings is 1. The number of fused-ring (bicyclic) bond motifs is 1. The highest BCUT2D eigenvalue weighted by molar-refractivity contribution is 9.10. The normalized spacial score (nSPS) is 10.6. The van der Waals surface area contributed by atoms with Crippen molar-refractivity contribution in [3.05, 3.63) is 38.4 Å². The number of carbonyl (C=O) groups excluding carboxylic acids is 1. The predicted octanol–water partition coefficient (Wildman–Crippen LogP) is 4.09. The summed E-state index contributed by atoms with van der Waals surface area (Å²) in [4.78, 5) is 15.5. The fourth-order valence-electron chi connectivity index (χ4n) is 1.42. The van der Waals surface area contributed by atoms with Crippen molar-refractivity contribution in [1.29, 1.82) is 0 Å². The van der Waals surface area contributed by atoms with Crippen molar-refractivity contribution in [2.24, 2.45) is 0 Å². The van der Waals surface area contributed by atoms with Crippen molar-refractivity contribution in [2.75, 3.05) is 7.11 Å². The van der Waals surface area contributed by atoms with Crippen molar-refractivity contribution in [3.63, 3.8) is 0 Å². The Morgan fingerprint density at radius 1 is 1.29 bits per heavy atom. The van der Waals surface area contributed by atoms with E-state index in [4.69, 9.17) is 23.2 Å². The van der Waals surface area contributed by atoms with Crippen molar-refractivity contribution in [2.45, 2.75) is 0 Å². The maximum absolute atomic E-state index is 11.4. The van der Waals surface area contributed by atoms with E-state index in [1.54, 1.807) is 12.1 Å². The fraction of sp³-hybridized carbons (Fsp3) is 0.0909. The van der Waals surface area contributed by atoms with E-state index >= 15 is 0 Å². The predicted molar refractivity (Wildman–Crippen MR) is 70.8 cm³/mol. The van der Waals surface area contributed by atoms with E-state index in [0.717, 1.165) is 4.47 Å². The lowest BCUT2D eigenvalue weighted by Crippen LogP contribution is -2.04. The van der Waals surface area contributed by atoms with Crippen molar-refractivity contribution >= 4 is 56.0 Å². The molecule has 0 atom stereocenters. The number of hydrogen-bond donors (Lipinski definition) is 0. The van der Waals surface area contributed by atoms with Crippen molar-refractivity contribution in [3.8, 4) is 0 Å². The molecule has 0 saturated carbocycles. The molecule has 6 heteroatoms. The van der Waals surface area contributed by atoms with Gasteiger partial charge in [-0.2, -0.15) is 0 Å². The van der Waals surface area contributed by atoms with Crippen LogP contribution in [-0.2, 0) is 4.74 Å². The van der Waals surface area contributed by atoms with Gasteiger partial charge in [-0.3, -0.25) is 0 Å². The summed E-state index contributed by atoms with van der Waals surface area (Å²) in [6, 6.07) is 4.93. The van der Waals surface area contributed by atoms with Crippen LogP contribution in [0, 0.1) is 0 Å². The van der Waals surface area contributed by atoms with Crippen LogP contribution in [0.3, 0.4) is 0 Å². The van der Waals surface area contributed by atoms with Gasteiger partial charge in [0.1, 0.15) is 0 Å². The van der Waals surface area contributed by atoms with Crippen molar-refractivity contribution < 1.29 is 9.53 Å². The number of esters is 1. The highest BCUT2D eigenvalue weighted by Crippen LogP contribution is 2.31. The van der Waals surface area contributed by atoms with Gasteiger partial charge in [-0.25, -0.2) is 9.78 Å². The standard InChI is InChI=1S/C11H6BrCl2NO2/c1-17-11(16)9-4-7(13)6-2-5(12)3-8(14)10(6)15-9/h2-4H,1H3. The molecule has 2 rings (SSSR count).